The molecule has 0 atom stereocenters. The first-order valence-corrected chi connectivity index (χ1v) is 9.75. The summed E-state index contributed by atoms with van der Waals surface area (Å²) in [4.78, 5) is 4.98. The molecule has 0 N–H and O–H groups in total. The number of thiophene rings is 2. The number of benzene rings is 2. The van der Waals surface area contributed by atoms with Crippen molar-refractivity contribution in [2.45, 2.75) is 0 Å². The van der Waals surface area contributed by atoms with Gasteiger partial charge in [-0.2, -0.15) is 5.26 Å². The Morgan fingerprint density at radius 1 is 0.654 bits per heavy atom. The van der Waals surface area contributed by atoms with Crippen molar-refractivity contribution < 1.29 is 4.74 Å². The van der Waals surface area contributed by atoms with Gasteiger partial charge in [-0.15, -0.1) is 22.7 Å². The van der Waals surface area contributed by atoms with Crippen LogP contribution in [0.2, 0.25) is 0 Å². The van der Waals surface area contributed by atoms with E-state index in [4.69, 9.17) is 10.00 Å². The number of hydrogen-bond donors (Lipinski definition) is 0. The topological polar surface area (TPSA) is 33.0 Å². The standard InChI is InChI=1S/C22H15NOS2/c1-24-18-8-6-17(7-9-18)20-11-13-22(26-20)21-12-10-19(25-21)16-4-2-15(14-23)3-5-16/h2-13H,1H3. The molecule has 0 saturated carbocycles. The highest BCUT2D eigenvalue weighted by atomic mass is 32.1. The van der Waals surface area contributed by atoms with Gasteiger partial charge in [0.25, 0.3) is 0 Å². The Labute approximate surface area is 160 Å². The average Bonchev–Trinajstić information content (AvgIpc) is 3.38. The first kappa shape index (κ1) is 16.6. The van der Waals surface area contributed by atoms with Crippen LogP contribution in [0, 0.1) is 11.3 Å². The molecule has 0 unspecified atom stereocenters. The second kappa shape index (κ2) is 7.17. The first-order valence-electron chi connectivity index (χ1n) is 8.12. The van der Waals surface area contributed by atoms with E-state index in [2.05, 4.69) is 42.5 Å². The van der Waals surface area contributed by atoms with Gasteiger partial charge in [0, 0.05) is 19.5 Å². The normalized spacial score (nSPS) is 10.5. The Balaban J connectivity index is 1.59. The van der Waals surface area contributed by atoms with Crippen LogP contribution in [0.5, 0.6) is 5.75 Å². The molecule has 2 aromatic carbocycles. The van der Waals surface area contributed by atoms with E-state index in [-0.39, 0.29) is 0 Å². The number of hydrogen-bond acceptors (Lipinski definition) is 4. The van der Waals surface area contributed by atoms with Gasteiger partial charge in [-0.25, -0.2) is 0 Å². The molecule has 0 saturated heterocycles. The molecule has 0 aliphatic rings. The van der Waals surface area contributed by atoms with Crippen molar-refractivity contribution >= 4 is 22.7 Å². The summed E-state index contributed by atoms with van der Waals surface area (Å²) >= 11 is 3.57. The van der Waals surface area contributed by atoms with Gasteiger partial charge in [-0.1, -0.05) is 12.1 Å². The summed E-state index contributed by atoms with van der Waals surface area (Å²) in [6.45, 7) is 0. The molecular formula is C22H15NOS2. The fraction of sp³-hybridized carbons (Fsp3) is 0.0455. The van der Waals surface area contributed by atoms with E-state index in [9.17, 15) is 0 Å². The van der Waals surface area contributed by atoms with Crippen LogP contribution >= 0.6 is 22.7 Å². The molecule has 0 fully saturated rings. The molecule has 26 heavy (non-hydrogen) atoms. The summed E-state index contributed by atoms with van der Waals surface area (Å²) < 4.78 is 5.23. The molecule has 0 aliphatic carbocycles. The highest BCUT2D eigenvalue weighted by Crippen LogP contribution is 2.40. The molecule has 0 aliphatic heterocycles. The fourth-order valence-electron chi connectivity index (χ4n) is 2.72. The molecule has 0 spiro atoms. The maximum atomic E-state index is 8.92. The smallest absolute Gasteiger partial charge is 0.118 e. The van der Waals surface area contributed by atoms with Gasteiger partial charge in [0.1, 0.15) is 5.75 Å². The largest absolute Gasteiger partial charge is 0.497 e. The SMILES string of the molecule is COc1ccc(-c2ccc(-c3ccc(-c4ccc(C#N)cc4)s3)s2)cc1. The Morgan fingerprint density at radius 2 is 1.12 bits per heavy atom. The molecule has 2 aromatic heterocycles. The van der Waals surface area contributed by atoms with Gasteiger partial charge >= 0.3 is 0 Å². The van der Waals surface area contributed by atoms with Crippen LogP contribution in [-0.2, 0) is 0 Å². The highest BCUT2D eigenvalue weighted by Gasteiger charge is 2.09. The lowest BCUT2D eigenvalue weighted by atomic mass is 10.1. The quantitative estimate of drug-likeness (QED) is 0.399. The van der Waals surface area contributed by atoms with Crippen LogP contribution in [0.25, 0.3) is 30.6 Å². The van der Waals surface area contributed by atoms with Crippen molar-refractivity contribution in [1.82, 2.24) is 0 Å². The van der Waals surface area contributed by atoms with Crippen molar-refractivity contribution in [2.24, 2.45) is 0 Å². The Bertz CT molecular complexity index is 1070. The summed E-state index contributed by atoms with van der Waals surface area (Å²) in [5.74, 6) is 0.871. The van der Waals surface area contributed by atoms with Gasteiger partial charge in [0.2, 0.25) is 0 Å². The van der Waals surface area contributed by atoms with Crippen LogP contribution in [0.3, 0.4) is 0 Å². The van der Waals surface area contributed by atoms with Gasteiger partial charge < -0.3 is 4.74 Å². The van der Waals surface area contributed by atoms with Gasteiger partial charge in [-0.05, 0) is 71.8 Å². The van der Waals surface area contributed by atoms with Gasteiger partial charge in [0.15, 0.2) is 0 Å². The van der Waals surface area contributed by atoms with Gasteiger partial charge in [-0.3, -0.25) is 0 Å². The summed E-state index contributed by atoms with van der Waals surface area (Å²) in [5, 5.41) is 8.92. The molecule has 4 rings (SSSR count). The third kappa shape index (κ3) is 3.28. The van der Waals surface area contributed by atoms with E-state index < -0.39 is 0 Å². The number of nitriles is 1. The van der Waals surface area contributed by atoms with E-state index in [1.165, 1.54) is 25.1 Å². The molecule has 2 heterocycles. The predicted octanol–water partition coefficient (Wildman–Crippen LogP) is 6.69. The second-order valence-electron chi connectivity index (χ2n) is 5.75. The minimum Gasteiger partial charge on any atom is -0.497 e. The van der Waals surface area contributed by atoms with E-state index in [1.807, 2.05) is 36.4 Å². The minimum absolute atomic E-state index is 0.688. The van der Waals surface area contributed by atoms with E-state index >= 15 is 0 Å². The zero-order chi connectivity index (χ0) is 17.9. The van der Waals surface area contributed by atoms with Crippen LogP contribution < -0.4 is 4.74 Å². The summed E-state index contributed by atoms with van der Waals surface area (Å²) in [5.41, 5.74) is 3.03. The van der Waals surface area contributed by atoms with Crippen LogP contribution in [0.1, 0.15) is 5.56 Å². The molecule has 2 nitrogen and oxygen atoms in total. The maximum absolute atomic E-state index is 8.92. The number of methoxy groups -OCH3 is 1. The zero-order valence-electron chi connectivity index (χ0n) is 14.1. The summed E-state index contributed by atoms with van der Waals surface area (Å²) in [6, 6.07) is 26.7. The third-order valence-corrected chi connectivity index (χ3v) is 6.59. The maximum Gasteiger partial charge on any atom is 0.118 e. The third-order valence-electron chi connectivity index (χ3n) is 4.13. The number of nitrogens with zero attached hydrogens (tertiary/aromatic N) is 1. The van der Waals surface area contributed by atoms with Crippen molar-refractivity contribution in [2.75, 3.05) is 7.11 Å². The lowest BCUT2D eigenvalue weighted by Crippen LogP contribution is -1.81. The Hall–Kier alpha value is -2.87. The number of ether oxygens (including phenoxy) is 1. The Morgan fingerprint density at radius 3 is 1.58 bits per heavy atom. The molecule has 0 amide bonds. The summed E-state index contributed by atoms with van der Waals surface area (Å²) in [7, 11) is 1.68. The molecule has 4 heteroatoms. The lowest BCUT2D eigenvalue weighted by molar-refractivity contribution is 0.415. The lowest BCUT2D eigenvalue weighted by Gasteiger charge is -2.00. The molecular weight excluding hydrogens is 358 g/mol. The summed E-state index contributed by atoms with van der Waals surface area (Å²) in [6.07, 6.45) is 0. The zero-order valence-corrected chi connectivity index (χ0v) is 15.7. The first-order chi connectivity index (χ1) is 12.8. The van der Waals surface area contributed by atoms with E-state index in [0.717, 1.165) is 11.3 Å². The van der Waals surface area contributed by atoms with Crippen LogP contribution in [-0.4, -0.2) is 7.11 Å². The van der Waals surface area contributed by atoms with Crippen molar-refractivity contribution in [3.05, 3.63) is 78.4 Å². The highest BCUT2D eigenvalue weighted by molar-refractivity contribution is 7.25. The fourth-order valence-corrected chi connectivity index (χ4v) is 4.83. The Kier molecular flexibility index (Phi) is 4.57. The molecule has 126 valence electrons. The molecule has 0 radical (unpaired) electrons. The molecule has 4 aromatic rings. The molecule has 0 bridgehead atoms. The van der Waals surface area contributed by atoms with Crippen molar-refractivity contribution in [1.29, 1.82) is 5.26 Å². The second-order valence-corrected chi connectivity index (χ2v) is 7.91. The van der Waals surface area contributed by atoms with Crippen LogP contribution in [0.15, 0.2) is 72.8 Å². The minimum atomic E-state index is 0.688. The van der Waals surface area contributed by atoms with E-state index in [1.54, 1.807) is 29.8 Å². The number of rotatable bonds is 4. The monoisotopic (exact) mass is 373 g/mol. The predicted molar refractivity (Wildman–Crippen MR) is 110 cm³/mol. The van der Waals surface area contributed by atoms with Crippen LogP contribution in [0.4, 0.5) is 0 Å². The van der Waals surface area contributed by atoms with Gasteiger partial charge in [0.05, 0.1) is 18.7 Å². The van der Waals surface area contributed by atoms with E-state index in [0.29, 0.717) is 5.56 Å². The van der Waals surface area contributed by atoms with Crippen molar-refractivity contribution in [3.63, 3.8) is 0 Å². The van der Waals surface area contributed by atoms with Crippen molar-refractivity contribution in [3.8, 4) is 42.5 Å². The average molecular weight is 374 g/mol.